The quantitative estimate of drug-likeness (QED) is 0.835. The molecular weight excluding hydrogens is 266 g/mol. The Kier molecular flexibility index (Phi) is 4.98. The molecule has 1 unspecified atom stereocenters. The molecular formula is C16H21N3O2. The molecule has 3 amide bonds. The average Bonchev–Trinajstić information content (AvgIpc) is 2.96. The molecule has 5 nitrogen and oxygen atoms in total. The molecule has 1 heterocycles. The number of rotatable bonds is 4. The van der Waals surface area contributed by atoms with Crippen LogP contribution in [0.4, 0.5) is 10.5 Å². The minimum atomic E-state index is -0.393. The molecule has 0 spiro atoms. The number of nitrogens with zero attached hydrogens (tertiary/aromatic N) is 1. The highest BCUT2D eigenvalue weighted by Crippen LogP contribution is 2.19. The maximum Gasteiger partial charge on any atom is 0.322 e. The van der Waals surface area contributed by atoms with E-state index in [1.54, 1.807) is 11.0 Å². The number of nitrogens with one attached hydrogen (secondary N) is 2. The van der Waals surface area contributed by atoms with Gasteiger partial charge in [-0.15, -0.1) is 6.58 Å². The SMILES string of the molecule is C=CCNC(=O)C1CCCN1C(=O)Nc1ccc(C)cc1. The zero-order chi connectivity index (χ0) is 15.2. The Balaban J connectivity index is 1.98. The third-order valence-electron chi connectivity index (χ3n) is 3.54. The summed E-state index contributed by atoms with van der Waals surface area (Å²) >= 11 is 0. The standard InChI is InChI=1S/C16H21N3O2/c1-3-10-17-15(20)14-5-4-11-19(14)16(21)18-13-8-6-12(2)7-9-13/h3,6-9,14H,1,4-5,10-11H2,2H3,(H,17,20)(H,18,21). The van der Waals surface area contributed by atoms with Gasteiger partial charge in [0, 0.05) is 18.8 Å². The summed E-state index contributed by atoms with van der Waals surface area (Å²) in [5, 5.41) is 5.59. The van der Waals surface area contributed by atoms with E-state index in [1.807, 2.05) is 31.2 Å². The first kappa shape index (κ1) is 15.1. The fourth-order valence-corrected chi connectivity index (χ4v) is 2.41. The molecule has 1 saturated heterocycles. The smallest absolute Gasteiger partial charge is 0.322 e. The topological polar surface area (TPSA) is 61.4 Å². The van der Waals surface area contributed by atoms with Crippen LogP contribution in [0.25, 0.3) is 0 Å². The van der Waals surface area contributed by atoms with Gasteiger partial charge in [0.2, 0.25) is 5.91 Å². The zero-order valence-corrected chi connectivity index (χ0v) is 12.3. The summed E-state index contributed by atoms with van der Waals surface area (Å²) in [7, 11) is 0. The highest BCUT2D eigenvalue weighted by molar-refractivity contribution is 5.94. The van der Waals surface area contributed by atoms with Gasteiger partial charge in [0.15, 0.2) is 0 Å². The molecule has 0 aliphatic carbocycles. The van der Waals surface area contributed by atoms with Crippen molar-refractivity contribution in [2.24, 2.45) is 0 Å². The first-order chi connectivity index (χ1) is 10.1. The van der Waals surface area contributed by atoms with Gasteiger partial charge in [-0.2, -0.15) is 0 Å². The number of carbonyl (C=O) groups excluding carboxylic acids is 2. The van der Waals surface area contributed by atoms with Gasteiger partial charge < -0.3 is 15.5 Å². The molecule has 5 heteroatoms. The second kappa shape index (κ2) is 6.92. The summed E-state index contributed by atoms with van der Waals surface area (Å²) < 4.78 is 0. The first-order valence-corrected chi connectivity index (χ1v) is 7.14. The molecule has 1 fully saturated rings. The van der Waals surface area contributed by atoms with E-state index in [4.69, 9.17) is 0 Å². The predicted molar refractivity (Wildman–Crippen MR) is 83.1 cm³/mol. The molecule has 1 aliphatic heterocycles. The highest BCUT2D eigenvalue weighted by atomic mass is 16.2. The normalized spacial score (nSPS) is 17.4. The van der Waals surface area contributed by atoms with E-state index >= 15 is 0 Å². The maximum atomic E-state index is 12.3. The number of benzene rings is 1. The van der Waals surface area contributed by atoms with Crippen LogP contribution in [0.2, 0.25) is 0 Å². The lowest BCUT2D eigenvalue weighted by molar-refractivity contribution is -0.124. The van der Waals surface area contributed by atoms with Gasteiger partial charge in [0.05, 0.1) is 0 Å². The van der Waals surface area contributed by atoms with E-state index in [1.165, 1.54) is 0 Å². The summed E-state index contributed by atoms with van der Waals surface area (Å²) in [5.74, 6) is -0.119. The number of urea groups is 1. The monoisotopic (exact) mass is 287 g/mol. The van der Waals surface area contributed by atoms with Crippen molar-refractivity contribution in [1.29, 1.82) is 0 Å². The summed E-state index contributed by atoms with van der Waals surface area (Å²) in [6.45, 7) is 6.58. The summed E-state index contributed by atoms with van der Waals surface area (Å²) in [4.78, 5) is 25.9. The third kappa shape index (κ3) is 3.84. The van der Waals surface area contributed by atoms with Crippen LogP contribution < -0.4 is 10.6 Å². The summed E-state index contributed by atoms with van der Waals surface area (Å²) in [6.07, 6.45) is 3.17. The Morgan fingerprint density at radius 1 is 1.38 bits per heavy atom. The molecule has 2 rings (SSSR count). The Labute approximate surface area is 125 Å². The number of amides is 3. The van der Waals surface area contributed by atoms with E-state index in [9.17, 15) is 9.59 Å². The molecule has 0 radical (unpaired) electrons. The van der Waals surface area contributed by atoms with E-state index in [0.29, 0.717) is 19.5 Å². The number of aryl methyl sites for hydroxylation is 1. The molecule has 1 aliphatic rings. The minimum Gasteiger partial charge on any atom is -0.351 e. The molecule has 0 aromatic heterocycles. The second-order valence-corrected chi connectivity index (χ2v) is 5.18. The van der Waals surface area contributed by atoms with Gasteiger partial charge >= 0.3 is 6.03 Å². The Morgan fingerprint density at radius 2 is 2.10 bits per heavy atom. The lowest BCUT2D eigenvalue weighted by atomic mass is 10.2. The minimum absolute atomic E-state index is 0.119. The third-order valence-corrected chi connectivity index (χ3v) is 3.54. The summed E-state index contributed by atoms with van der Waals surface area (Å²) in [6, 6.07) is 6.97. The van der Waals surface area contributed by atoms with Crippen LogP contribution in [-0.4, -0.2) is 36.0 Å². The average molecular weight is 287 g/mol. The molecule has 112 valence electrons. The van der Waals surface area contributed by atoms with Crippen molar-refractivity contribution in [2.75, 3.05) is 18.4 Å². The second-order valence-electron chi connectivity index (χ2n) is 5.18. The van der Waals surface area contributed by atoms with Crippen LogP contribution >= 0.6 is 0 Å². The van der Waals surface area contributed by atoms with Crippen LogP contribution in [0.5, 0.6) is 0 Å². The van der Waals surface area contributed by atoms with Crippen molar-refractivity contribution >= 4 is 17.6 Å². The largest absolute Gasteiger partial charge is 0.351 e. The van der Waals surface area contributed by atoms with Crippen molar-refractivity contribution in [2.45, 2.75) is 25.8 Å². The number of carbonyl (C=O) groups is 2. The highest BCUT2D eigenvalue weighted by Gasteiger charge is 2.33. The van der Waals surface area contributed by atoms with Crippen molar-refractivity contribution in [3.05, 3.63) is 42.5 Å². The van der Waals surface area contributed by atoms with Crippen LogP contribution in [0.1, 0.15) is 18.4 Å². The van der Waals surface area contributed by atoms with Crippen LogP contribution in [0.15, 0.2) is 36.9 Å². The van der Waals surface area contributed by atoms with Crippen molar-refractivity contribution < 1.29 is 9.59 Å². The van der Waals surface area contributed by atoms with Gasteiger partial charge in [0.1, 0.15) is 6.04 Å². The van der Waals surface area contributed by atoms with Crippen molar-refractivity contribution in [3.8, 4) is 0 Å². The number of hydrogen-bond acceptors (Lipinski definition) is 2. The van der Waals surface area contributed by atoms with Gasteiger partial charge in [-0.3, -0.25) is 4.79 Å². The van der Waals surface area contributed by atoms with Gasteiger partial charge in [-0.25, -0.2) is 4.79 Å². The van der Waals surface area contributed by atoms with Gasteiger partial charge in [-0.1, -0.05) is 23.8 Å². The lowest BCUT2D eigenvalue weighted by Gasteiger charge is -2.24. The van der Waals surface area contributed by atoms with Crippen LogP contribution in [0.3, 0.4) is 0 Å². The lowest BCUT2D eigenvalue weighted by Crippen LogP contribution is -2.47. The molecule has 1 atom stereocenters. The molecule has 0 saturated carbocycles. The number of hydrogen-bond donors (Lipinski definition) is 2. The Morgan fingerprint density at radius 3 is 2.76 bits per heavy atom. The van der Waals surface area contributed by atoms with Gasteiger partial charge in [0.25, 0.3) is 0 Å². The Bertz CT molecular complexity index is 525. The molecule has 1 aromatic rings. The Hall–Kier alpha value is -2.30. The van der Waals surface area contributed by atoms with E-state index in [-0.39, 0.29) is 11.9 Å². The van der Waals surface area contributed by atoms with E-state index in [2.05, 4.69) is 17.2 Å². The van der Waals surface area contributed by atoms with E-state index < -0.39 is 6.04 Å². The molecule has 1 aromatic carbocycles. The fourth-order valence-electron chi connectivity index (χ4n) is 2.41. The summed E-state index contributed by atoms with van der Waals surface area (Å²) in [5.41, 5.74) is 1.87. The maximum absolute atomic E-state index is 12.3. The van der Waals surface area contributed by atoms with Crippen LogP contribution in [0, 0.1) is 6.92 Å². The molecule has 0 bridgehead atoms. The predicted octanol–water partition coefficient (Wildman–Crippen LogP) is 2.29. The zero-order valence-electron chi connectivity index (χ0n) is 12.3. The number of anilines is 1. The fraction of sp³-hybridized carbons (Fsp3) is 0.375. The van der Waals surface area contributed by atoms with E-state index in [0.717, 1.165) is 17.7 Å². The van der Waals surface area contributed by atoms with Crippen LogP contribution in [-0.2, 0) is 4.79 Å². The molecule has 2 N–H and O–H groups in total. The van der Waals surface area contributed by atoms with Crippen molar-refractivity contribution in [3.63, 3.8) is 0 Å². The number of likely N-dealkylation sites (tertiary alicyclic amines) is 1. The van der Waals surface area contributed by atoms with Gasteiger partial charge in [-0.05, 0) is 31.9 Å². The molecule has 21 heavy (non-hydrogen) atoms. The van der Waals surface area contributed by atoms with Crippen molar-refractivity contribution in [1.82, 2.24) is 10.2 Å². The first-order valence-electron chi connectivity index (χ1n) is 7.14.